The summed E-state index contributed by atoms with van der Waals surface area (Å²) < 4.78 is 40.3. The lowest BCUT2D eigenvalue weighted by molar-refractivity contribution is 0.103. The summed E-state index contributed by atoms with van der Waals surface area (Å²) in [6, 6.07) is 8.41. The first-order chi connectivity index (χ1) is 13.2. The van der Waals surface area contributed by atoms with Crippen LogP contribution in [0.1, 0.15) is 28.4 Å². The van der Waals surface area contributed by atoms with Gasteiger partial charge in [-0.1, -0.05) is 18.2 Å². The quantitative estimate of drug-likeness (QED) is 0.665. The van der Waals surface area contributed by atoms with Gasteiger partial charge in [0.1, 0.15) is 11.4 Å². The molecule has 0 saturated heterocycles. The van der Waals surface area contributed by atoms with Gasteiger partial charge in [-0.25, -0.2) is 12.8 Å². The number of hydrogen-bond acceptors (Lipinski definition) is 4. The molecule has 8 heteroatoms. The first-order valence-corrected chi connectivity index (χ1v) is 10.5. The number of ketones is 1. The van der Waals surface area contributed by atoms with Crippen LogP contribution in [0.3, 0.4) is 0 Å². The number of hydrogen-bond donors (Lipinski definition) is 1. The summed E-state index contributed by atoms with van der Waals surface area (Å²) in [5.74, 6) is -1.15. The maximum absolute atomic E-state index is 14.5. The van der Waals surface area contributed by atoms with Gasteiger partial charge in [-0.15, -0.1) is 0 Å². The van der Waals surface area contributed by atoms with Crippen molar-refractivity contribution in [3.8, 4) is 11.1 Å². The summed E-state index contributed by atoms with van der Waals surface area (Å²) in [6.45, 7) is 3.68. The zero-order chi connectivity index (χ0) is 20.6. The molecule has 1 N–H and O–H groups in total. The Kier molecular flexibility index (Phi) is 5.08. The van der Waals surface area contributed by atoms with E-state index >= 15 is 0 Å². The number of carbonyl (C=O) groups excluding carboxylic acids is 1. The molecule has 0 aliphatic rings. The van der Waals surface area contributed by atoms with Gasteiger partial charge in [0, 0.05) is 35.7 Å². The van der Waals surface area contributed by atoms with E-state index < -0.39 is 27.0 Å². The minimum atomic E-state index is -3.69. The summed E-state index contributed by atoms with van der Waals surface area (Å²) in [5.41, 5.74) is 0.114. The van der Waals surface area contributed by atoms with Gasteiger partial charge in [-0.3, -0.25) is 14.3 Å². The lowest BCUT2D eigenvalue weighted by Gasteiger charge is -2.15. The van der Waals surface area contributed by atoms with Crippen LogP contribution in [-0.2, 0) is 16.4 Å². The highest BCUT2D eigenvalue weighted by Crippen LogP contribution is 2.34. The Bertz CT molecular complexity index is 1240. The number of aryl methyl sites for hydroxylation is 1. The highest BCUT2D eigenvalue weighted by molar-refractivity contribution is 7.90. The number of sulfone groups is 1. The number of nitrogens with one attached hydrogen (secondary N) is 1. The van der Waals surface area contributed by atoms with E-state index in [2.05, 4.69) is 5.10 Å². The molecule has 1 aromatic heterocycles. The number of benzene rings is 2. The number of aromatic nitrogens is 2. The van der Waals surface area contributed by atoms with Crippen molar-refractivity contribution in [2.24, 2.45) is 0 Å². The van der Waals surface area contributed by atoms with Gasteiger partial charge in [0.2, 0.25) is 0 Å². The smallest absolute Gasteiger partial charge is 0.277 e. The lowest BCUT2D eigenvalue weighted by Crippen LogP contribution is -2.21. The number of rotatable bonds is 5. The lowest BCUT2D eigenvalue weighted by atomic mass is 9.92. The Hall–Kier alpha value is -3.00. The van der Waals surface area contributed by atoms with Crippen molar-refractivity contribution in [1.29, 1.82) is 0 Å². The fourth-order valence-electron chi connectivity index (χ4n) is 3.19. The van der Waals surface area contributed by atoms with Crippen molar-refractivity contribution < 1.29 is 17.6 Å². The van der Waals surface area contributed by atoms with Crippen LogP contribution >= 0.6 is 0 Å². The normalized spacial score (nSPS) is 11.6. The monoisotopic (exact) mass is 402 g/mol. The van der Waals surface area contributed by atoms with Gasteiger partial charge in [-0.05, 0) is 37.6 Å². The van der Waals surface area contributed by atoms with E-state index in [-0.39, 0.29) is 27.1 Å². The first kappa shape index (κ1) is 19.8. The Morgan fingerprint density at radius 3 is 2.39 bits per heavy atom. The molecule has 0 amide bonds. The fraction of sp³-hybridized carbons (Fsp3) is 0.200. The van der Waals surface area contributed by atoms with Gasteiger partial charge >= 0.3 is 0 Å². The molecule has 3 rings (SSSR count). The van der Waals surface area contributed by atoms with Crippen LogP contribution in [0.5, 0.6) is 0 Å². The number of halogens is 1. The third-order valence-electron chi connectivity index (χ3n) is 4.62. The highest BCUT2D eigenvalue weighted by Gasteiger charge is 2.25. The first-order valence-electron chi connectivity index (χ1n) is 8.58. The second-order valence-electron chi connectivity index (χ2n) is 6.43. The zero-order valence-electron chi connectivity index (χ0n) is 15.6. The van der Waals surface area contributed by atoms with Crippen molar-refractivity contribution in [3.63, 3.8) is 0 Å². The van der Waals surface area contributed by atoms with Gasteiger partial charge in [0.05, 0.1) is 4.90 Å². The van der Waals surface area contributed by atoms with E-state index in [4.69, 9.17) is 0 Å². The van der Waals surface area contributed by atoms with Crippen LogP contribution in [-0.4, -0.2) is 30.2 Å². The number of H-pyrrole nitrogens is 1. The second kappa shape index (κ2) is 7.20. The molecule has 0 aliphatic heterocycles. The van der Waals surface area contributed by atoms with Gasteiger partial charge in [0.15, 0.2) is 15.6 Å². The summed E-state index contributed by atoms with van der Waals surface area (Å²) in [4.78, 5) is 25.2. The van der Waals surface area contributed by atoms with E-state index in [1.54, 1.807) is 19.9 Å². The molecule has 0 fully saturated rings. The second-order valence-corrected chi connectivity index (χ2v) is 8.41. The molecule has 0 radical (unpaired) electrons. The molecule has 0 unspecified atom stereocenters. The Morgan fingerprint density at radius 1 is 1.14 bits per heavy atom. The minimum absolute atomic E-state index is 0.0588. The van der Waals surface area contributed by atoms with E-state index in [1.165, 1.54) is 41.2 Å². The molecule has 0 aliphatic carbocycles. The fourth-order valence-corrected chi connectivity index (χ4v) is 4.14. The average molecular weight is 402 g/mol. The largest absolute Gasteiger partial charge is 0.302 e. The van der Waals surface area contributed by atoms with Crippen LogP contribution in [0.15, 0.2) is 52.3 Å². The topological polar surface area (TPSA) is 89.0 Å². The Labute approximate surface area is 161 Å². The summed E-state index contributed by atoms with van der Waals surface area (Å²) >= 11 is 0. The van der Waals surface area contributed by atoms with Crippen molar-refractivity contribution in [2.75, 3.05) is 6.26 Å². The van der Waals surface area contributed by atoms with Crippen LogP contribution < -0.4 is 5.56 Å². The number of aromatic amines is 1. The van der Waals surface area contributed by atoms with Crippen LogP contribution in [0, 0.1) is 12.7 Å². The molecule has 0 spiro atoms. The molecule has 0 bridgehead atoms. The summed E-state index contributed by atoms with van der Waals surface area (Å²) in [7, 11) is -3.69. The summed E-state index contributed by atoms with van der Waals surface area (Å²) in [5, 5.41) is 2.71. The van der Waals surface area contributed by atoms with Crippen molar-refractivity contribution >= 4 is 15.6 Å². The molecule has 146 valence electrons. The average Bonchev–Trinajstić information content (AvgIpc) is 3.01. The maximum Gasteiger partial charge on any atom is 0.277 e. The SMILES string of the molecule is CCn1[nH]cc(C(=O)c2ccc(S(C)(=O)=O)c(-c3ccccc3F)c2C)c1=O. The standard InChI is InChI=1S/C20H19FN2O4S/c1-4-23-20(25)15(11-22-23)19(24)13-9-10-17(28(3,26)27)18(12(13)2)14-7-5-6-8-16(14)21/h5-11,22H,4H2,1-3H3. The molecule has 28 heavy (non-hydrogen) atoms. The van der Waals surface area contributed by atoms with Gasteiger partial charge in [-0.2, -0.15) is 0 Å². The minimum Gasteiger partial charge on any atom is -0.302 e. The van der Waals surface area contributed by atoms with E-state index in [0.717, 1.165) is 6.26 Å². The van der Waals surface area contributed by atoms with Gasteiger partial charge in [0.25, 0.3) is 5.56 Å². The van der Waals surface area contributed by atoms with E-state index in [9.17, 15) is 22.4 Å². The molecule has 0 saturated carbocycles. The van der Waals surface area contributed by atoms with Crippen molar-refractivity contribution in [3.05, 3.63) is 75.5 Å². The maximum atomic E-state index is 14.5. The van der Waals surface area contributed by atoms with E-state index in [0.29, 0.717) is 12.1 Å². The summed E-state index contributed by atoms with van der Waals surface area (Å²) in [6.07, 6.45) is 2.35. The molecular formula is C20H19FN2O4S. The Balaban J connectivity index is 2.30. The van der Waals surface area contributed by atoms with Crippen LogP contribution in [0.25, 0.3) is 11.1 Å². The third-order valence-corrected chi connectivity index (χ3v) is 5.75. The highest BCUT2D eigenvalue weighted by atomic mass is 32.2. The molecule has 6 nitrogen and oxygen atoms in total. The molecule has 3 aromatic rings. The zero-order valence-corrected chi connectivity index (χ0v) is 16.4. The predicted molar refractivity (Wildman–Crippen MR) is 104 cm³/mol. The van der Waals surface area contributed by atoms with Gasteiger partial charge < -0.3 is 5.10 Å². The molecular weight excluding hydrogens is 383 g/mol. The Morgan fingerprint density at radius 2 is 1.82 bits per heavy atom. The van der Waals surface area contributed by atoms with Crippen molar-refractivity contribution in [2.45, 2.75) is 25.3 Å². The predicted octanol–water partition coefficient (Wildman–Crippen LogP) is 2.95. The molecule has 1 heterocycles. The third kappa shape index (κ3) is 3.31. The van der Waals surface area contributed by atoms with Crippen molar-refractivity contribution in [1.82, 2.24) is 9.78 Å². The van der Waals surface area contributed by atoms with Crippen LogP contribution in [0.2, 0.25) is 0 Å². The van der Waals surface area contributed by atoms with Crippen LogP contribution in [0.4, 0.5) is 4.39 Å². The number of nitrogens with zero attached hydrogens (tertiary/aromatic N) is 1. The van der Waals surface area contributed by atoms with E-state index in [1.807, 2.05) is 0 Å². The number of carbonyl (C=O) groups is 1. The molecule has 0 atom stereocenters. The molecule has 2 aromatic carbocycles.